The lowest BCUT2D eigenvalue weighted by Crippen LogP contribution is -2.34. The Morgan fingerprint density at radius 2 is 2.17 bits per heavy atom. The van der Waals surface area contributed by atoms with Gasteiger partial charge >= 0.3 is 0 Å². The number of nitrogens with one attached hydrogen (secondary N) is 2. The zero-order chi connectivity index (χ0) is 20.8. The minimum atomic E-state index is -0.200. The highest BCUT2D eigenvalue weighted by Gasteiger charge is 2.37. The van der Waals surface area contributed by atoms with Crippen molar-refractivity contribution in [3.63, 3.8) is 0 Å². The number of hydrogen-bond donors (Lipinski definition) is 2. The molecule has 1 amide bonds. The number of aryl methyl sites for hydroxylation is 1. The molecule has 2 N–H and O–H groups in total. The van der Waals surface area contributed by atoms with Gasteiger partial charge in [0.15, 0.2) is 17.3 Å². The molecule has 0 saturated carbocycles. The first kappa shape index (κ1) is 20.0. The van der Waals surface area contributed by atoms with Gasteiger partial charge in [0, 0.05) is 18.7 Å². The number of amides is 1. The van der Waals surface area contributed by atoms with E-state index >= 15 is 0 Å². The minimum absolute atomic E-state index is 0.0448. The van der Waals surface area contributed by atoms with Gasteiger partial charge in [-0.15, -0.1) is 0 Å². The average molecular weight is 434 g/mol. The van der Waals surface area contributed by atoms with Crippen molar-refractivity contribution in [2.24, 2.45) is 13.0 Å². The zero-order valence-electron chi connectivity index (χ0n) is 16.5. The van der Waals surface area contributed by atoms with E-state index in [0.29, 0.717) is 35.2 Å². The van der Waals surface area contributed by atoms with E-state index in [1.54, 1.807) is 34.9 Å². The van der Waals surface area contributed by atoms with Crippen LogP contribution in [0.4, 0.5) is 11.6 Å². The minimum Gasteiger partial charge on any atom is -0.466 e. The molecule has 0 spiro atoms. The second-order valence-corrected chi connectivity index (χ2v) is 9.85. The third kappa shape index (κ3) is 4.33. The molecule has 29 heavy (non-hydrogen) atoms. The number of aromatic nitrogens is 6. The summed E-state index contributed by atoms with van der Waals surface area (Å²) in [5.41, 5.74) is 0.984. The number of nitrogens with zero attached hydrogens (tertiary/aromatic N) is 6. The highest BCUT2D eigenvalue weighted by molar-refractivity contribution is 7.37. The summed E-state index contributed by atoms with van der Waals surface area (Å²) in [4.78, 5) is 21.3. The Balaban J connectivity index is 1.55. The molecule has 3 aromatic heterocycles. The van der Waals surface area contributed by atoms with E-state index < -0.39 is 0 Å². The van der Waals surface area contributed by atoms with Gasteiger partial charge in [-0.05, 0) is 20.3 Å². The van der Waals surface area contributed by atoms with E-state index in [9.17, 15) is 4.79 Å². The summed E-state index contributed by atoms with van der Waals surface area (Å²) in [6.07, 6.45) is 4.04. The highest BCUT2D eigenvalue weighted by Crippen LogP contribution is 2.27. The summed E-state index contributed by atoms with van der Waals surface area (Å²) < 4.78 is 9.01. The zero-order valence-corrected chi connectivity index (χ0v) is 18.8. The Labute approximate surface area is 172 Å². The summed E-state index contributed by atoms with van der Waals surface area (Å²) in [7, 11) is 6.89. The van der Waals surface area contributed by atoms with Gasteiger partial charge in [0.25, 0.3) is 0 Å². The number of fused-ring (bicyclic) bond motifs is 1. The summed E-state index contributed by atoms with van der Waals surface area (Å²) in [6, 6.07) is 1.79. The third-order valence-electron chi connectivity index (χ3n) is 4.68. The second kappa shape index (κ2) is 7.50. The van der Waals surface area contributed by atoms with Gasteiger partial charge in [-0.1, -0.05) is 18.5 Å². The first-order valence-corrected chi connectivity index (χ1v) is 10.5. The van der Waals surface area contributed by atoms with Gasteiger partial charge in [0.1, 0.15) is 11.1 Å². The average Bonchev–Trinajstić information content (AvgIpc) is 3.24. The van der Waals surface area contributed by atoms with Crippen molar-refractivity contribution in [1.29, 1.82) is 0 Å². The van der Waals surface area contributed by atoms with Gasteiger partial charge in [-0.2, -0.15) is 10.2 Å². The van der Waals surface area contributed by atoms with Crippen molar-refractivity contribution in [3.05, 3.63) is 18.5 Å². The molecule has 10 nitrogen and oxygen atoms in total. The molecule has 0 aliphatic carbocycles. The standard InChI is InChI=1S/C17H24N8O2P2/c1-17(2)5-9(15(26)22-17)8-25-14-10(6-19-25)18-7-12(21-14)20-11-4-13(24(3)23-11)27-16(28)29/h4,6-7,9,16H,5,8,28-29H2,1-3H3,(H,22,26)(H,20,21,23)/t9-/m0/s1. The van der Waals surface area contributed by atoms with E-state index in [0.717, 1.165) is 6.42 Å². The van der Waals surface area contributed by atoms with Crippen molar-refractivity contribution >= 4 is 47.2 Å². The van der Waals surface area contributed by atoms with Gasteiger partial charge < -0.3 is 15.4 Å². The maximum atomic E-state index is 12.2. The third-order valence-corrected chi connectivity index (χ3v) is 4.95. The first-order chi connectivity index (χ1) is 13.7. The Morgan fingerprint density at radius 1 is 1.38 bits per heavy atom. The fourth-order valence-electron chi connectivity index (χ4n) is 3.49. The quantitative estimate of drug-likeness (QED) is 0.567. The Bertz CT molecular complexity index is 1060. The Morgan fingerprint density at radius 3 is 2.86 bits per heavy atom. The molecule has 1 saturated heterocycles. The number of hydrogen-bond acceptors (Lipinski definition) is 7. The van der Waals surface area contributed by atoms with Crippen LogP contribution < -0.4 is 15.4 Å². The van der Waals surface area contributed by atoms with Crippen LogP contribution in [0.15, 0.2) is 18.5 Å². The SMILES string of the molecule is Cn1nc(Nc2cnc3cnn(C[C@@H]4CC(C)(C)NC4=O)c3n2)cc1OC(P)P. The molecule has 2 unspecified atom stereocenters. The van der Waals surface area contributed by atoms with Gasteiger partial charge in [-0.3, -0.25) is 4.79 Å². The van der Waals surface area contributed by atoms with Gasteiger partial charge in [-0.25, -0.2) is 19.3 Å². The van der Waals surface area contributed by atoms with Crippen LogP contribution in [0.2, 0.25) is 0 Å². The molecule has 3 atom stereocenters. The van der Waals surface area contributed by atoms with Crippen LogP contribution in [0.5, 0.6) is 5.88 Å². The van der Waals surface area contributed by atoms with E-state index in [-0.39, 0.29) is 23.0 Å². The number of rotatable bonds is 6. The summed E-state index contributed by atoms with van der Waals surface area (Å²) in [5.74, 6) is 1.65. The summed E-state index contributed by atoms with van der Waals surface area (Å²) >= 11 is 0. The number of carbonyl (C=O) groups excluding carboxylic acids is 1. The predicted molar refractivity (Wildman–Crippen MR) is 116 cm³/mol. The van der Waals surface area contributed by atoms with E-state index in [1.165, 1.54) is 0 Å². The molecular weight excluding hydrogens is 410 g/mol. The van der Waals surface area contributed by atoms with Crippen molar-refractivity contribution in [3.8, 4) is 5.88 Å². The van der Waals surface area contributed by atoms with Crippen molar-refractivity contribution < 1.29 is 9.53 Å². The summed E-state index contributed by atoms with van der Waals surface area (Å²) in [5, 5.41) is 14.9. The molecule has 4 rings (SSSR count). The van der Waals surface area contributed by atoms with E-state index in [4.69, 9.17) is 4.74 Å². The summed E-state index contributed by atoms with van der Waals surface area (Å²) in [6.45, 7) is 4.51. The maximum absolute atomic E-state index is 12.2. The molecule has 0 radical (unpaired) electrons. The molecule has 12 heteroatoms. The van der Waals surface area contributed by atoms with Crippen molar-refractivity contribution in [1.82, 2.24) is 34.8 Å². The van der Waals surface area contributed by atoms with Gasteiger partial charge in [0.05, 0.1) is 24.9 Å². The van der Waals surface area contributed by atoms with Crippen LogP contribution in [0.1, 0.15) is 20.3 Å². The van der Waals surface area contributed by atoms with Crippen LogP contribution in [0, 0.1) is 5.92 Å². The number of anilines is 2. The topological polar surface area (TPSA) is 112 Å². The second-order valence-electron chi connectivity index (χ2n) is 7.76. The van der Waals surface area contributed by atoms with Crippen LogP contribution >= 0.6 is 18.5 Å². The fourth-order valence-corrected chi connectivity index (χ4v) is 3.77. The van der Waals surface area contributed by atoms with Crippen molar-refractivity contribution in [2.45, 2.75) is 37.9 Å². The molecule has 1 aliphatic heterocycles. The van der Waals surface area contributed by atoms with Crippen LogP contribution in [-0.2, 0) is 18.4 Å². The lowest BCUT2D eigenvalue weighted by molar-refractivity contribution is -0.123. The Kier molecular flexibility index (Phi) is 5.17. The monoisotopic (exact) mass is 434 g/mol. The highest BCUT2D eigenvalue weighted by atomic mass is 31.1. The van der Waals surface area contributed by atoms with E-state index in [2.05, 4.69) is 49.3 Å². The van der Waals surface area contributed by atoms with Crippen LogP contribution in [0.25, 0.3) is 11.2 Å². The maximum Gasteiger partial charge on any atom is 0.225 e. The molecule has 0 bridgehead atoms. The number of carbonyl (C=O) groups is 1. The molecule has 3 aromatic rings. The molecular formula is C17H24N8O2P2. The molecule has 1 aliphatic rings. The number of ether oxygens (including phenoxy) is 1. The van der Waals surface area contributed by atoms with Crippen LogP contribution in [0.3, 0.4) is 0 Å². The fraction of sp³-hybridized carbons (Fsp3) is 0.471. The lowest BCUT2D eigenvalue weighted by Gasteiger charge is -2.16. The first-order valence-electron chi connectivity index (χ1n) is 9.20. The van der Waals surface area contributed by atoms with Crippen molar-refractivity contribution in [2.75, 3.05) is 5.32 Å². The smallest absolute Gasteiger partial charge is 0.225 e. The normalized spacial score (nSPS) is 18.4. The van der Waals surface area contributed by atoms with Crippen LogP contribution in [-0.4, -0.2) is 46.6 Å². The molecule has 1 fully saturated rings. The molecule has 154 valence electrons. The molecule has 0 aromatic carbocycles. The van der Waals surface area contributed by atoms with E-state index in [1.807, 2.05) is 13.8 Å². The lowest BCUT2D eigenvalue weighted by atomic mass is 9.97. The predicted octanol–water partition coefficient (Wildman–Crippen LogP) is 1.63. The largest absolute Gasteiger partial charge is 0.466 e. The van der Waals surface area contributed by atoms with Gasteiger partial charge in [0.2, 0.25) is 11.8 Å². The Hall–Kier alpha value is -2.31. The molecule has 4 heterocycles.